The first-order valence-corrected chi connectivity index (χ1v) is 11.6. The van der Waals surface area contributed by atoms with Crippen LogP contribution < -0.4 is 4.74 Å². The van der Waals surface area contributed by atoms with Crippen molar-refractivity contribution < 1.29 is 19.7 Å². The van der Waals surface area contributed by atoms with Crippen LogP contribution in [-0.2, 0) is 11.2 Å². The van der Waals surface area contributed by atoms with E-state index in [9.17, 15) is 15.0 Å². The zero-order chi connectivity index (χ0) is 23.2. The number of carbonyl (C=O) groups is 1. The van der Waals surface area contributed by atoms with Gasteiger partial charge in [0.15, 0.2) is 5.78 Å². The van der Waals surface area contributed by atoms with E-state index >= 15 is 0 Å². The summed E-state index contributed by atoms with van der Waals surface area (Å²) < 4.78 is 6.36. The Hall–Kier alpha value is -2.07. The number of phenolic OH excluding ortho intramolecular Hbond substituents is 1. The van der Waals surface area contributed by atoms with Crippen molar-refractivity contribution in [1.29, 1.82) is 0 Å². The molecule has 0 unspecified atom stereocenters. The quantitative estimate of drug-likeness (QED) is 0.444. The lowest BCUT2D eigenvalue weighted by Gasteiger charge is -2.36. The molecule has 1 aliphatic heterocycles. The number of aliphatic hydroxyl groups excluding tert-OH is 1. The lowest BCUT2D eigenvalue weighted by atomic mass is 9.87. The van der Waals surface area contributed by atoms with Crippen LogP contribution in [0, 0.1) is 18.8 Å². The van der Waals surface area contributed by atoms with Crippen LogP contribution in [0.25, 0.3) is 0 Å². The minimum absolute atomic E-state index is 0.0992. The zero-order valence-corrected chi connectivity index (χ0v) is 20.1. The molecule has 1 heterocycles. The lowest BCUT2D eigenvalue weighted by Crippen LogP contribution is -2.36. The van der Waals surface area contributed by atoms with Gasteiger partial charge in [0.2, 0.25) is 0 Å². The SMILES string of the molecule is C/C(=C\CC[C@]1(C)CCc2cc(O)cc(C)c2O1)C/C=C\[C@@H](C)C(=O)[C@H](O)CC(C)C. The van der Waals surface area contributed by atoms with Gasteiger partial charge in [-0.15, -0.1) is 0 Å². The van der Waals surface area contributed by atoms with Crippen molar-refractivity contribution >= 4 is 5.78 Å². The number of aromatic hydroxyl groups is 1. The van der Waals surface area contributed by atoms with Gasteiger partial charge in [0.25, 0.3) is 0 Å². The van der Waals surface area contributed by atoms with Crippen LogP contribution in [-0.4, -0.2) is 27.7 Å². The van der Waals surface area contributed by atoms with E-state index in [2.05, 4.69) is 19.9 Å². The zero-order valence-electron chi connectivity index (χ0n) is 20.1. The van der Waals surface area contributed by atoms with Crippen LogP contribution in [0.3, 0.4) is 0 Å². The molecule has 2 N–H and O–H groups in total. The minimum Gasteiger partial charge on any atom is -0.508 e. The van der Waals surface area contributed by atoms with Crippen LogP contribution in [0.5, 0.6) is 11.5 Å². The maximum Gasteiger partial charge on any atom is 0.167 e. The summed E-state index contributed by atoms with van der Waals surface area (Å²) >= 11 is 0. The first-order valence-electron chi connectivity index (χ1n) is 11.6. The smallest absolute Gasteiger partial charge is 0.167 e. The number of Topliss-reactive ketones (excluding diaryl/α,β-unsaturated/α-hetero) is 1. The Morgan fingerprint density at radius 3 is 2.68 bits per heavy atom. The number of hydrogen-bond donors (Lipinski definition) is 2. The van der Waals surface area contributed by atoms with Crippen molar-refractivity contribution in [2.24, 2.45) is 11.8 Å². The molecule has 1 aliphatic rings. The van der Waals surface area contributed by atoms with E-state index in [0.29, 0.717) is 18.1 Å². The number of aliphatic hydroxyl groups is 1. The van der Waals surface area contributed by atoms with Gasteiger partial charge < -0.3 is 14.9 Å². The summed E-state index contributed by atoms with van der Waals surface area (Å²) in [6, 6.07) is 3.57. The van der Waals surface area contributed by atoms with E-state index in [4.69, 9.17) is 4.74 Å². The van der Waals surface area contributed by atoms with E-state index in [-0.39, 0.29) is 17.3 Å². The number of ketones is 1. The Kier molecular flexibility index (Phi) is 8.93. The number of rotatable bonds is 10. The lowest BCUT2D eigenvalue weighted by molar-refractivity contribution is -0.130. The Balaban J connectivity index is 1.83. The molecule has 0 fully saturated rings. The maximum absolute atomic E-state index is 12.2. The van der Waals surface area contributed by atoms with Gasteiger partial charge in [-0.3, -0.25) is 4.79 Å². The number of allylic oxidation sites excluding steroid dienone is 4. The fourth-order valence-electron chi connectivity index (χ4n) is 4.16. The topological polar surface area (TPSA) is 66.8 Å². The average molecular weight is 429 g/mol. The third kappa shape index (κ3) is 7.53. The predicted molar refractivity (Wildman–Crippen MR) is 127 cm³/mol. The largest absolute Gasteiger partial charge is 0.508 e. The fraction of sp³-hybridized carbons (Fsp3) is 0.593. The van der Waals surface area contributed by atoms with Gasteiger partial charge in [0.05, 0.1) is 0 Å². The average Bonchev–Trinajstić information content (AvgIpc) is 2.67. The predicted octanol–water partition coefficient (Wildman–Crippen LogP) is 6.07. The van der Waals surface area contributed by atoms with E-state index in [1.54, 1.807) is 6.07 Å². The number of benzene rings is 1. The first-order chi connectivity index (χ1) is 14.5. The highest BCUT2D eigenvalue weighted by atomic mass is 16.5. The van der Waals surface area contributed by atoms with E-state index in [0.717, 1.165) is 49.0 Å². The van der Waals surface area contributed by atoms with Gasteiger partial charge >= 0.3 is 0 Å². The molecule has 0 saturated carbocycles. The van der Waals surface area contributed by atoms with Crippen LogP contribution in [0.4, 0.5) is 0 Å². The summed E-state index contributed by atoms with van der Waals surface area (Å²) in [5.41, 5.74) is 3.14. The molecule has 0 aliphatic carbocycles. The molecule has 0 radical (unpaired) electrons. The Bertz CT molecular complexity index is 821. The van der Waals surface area contributed by atoms with Gasteiger partial charge in [-0.2, -0.15) is 0 Å². The molecule has 0 spiro atoms. The number of ether oxygens (including phenoxy) is 1. The summed E-state index contributed by atoms with van der Waals surface area (Å²) in [4.78, 5) is 12.2. The van der Waals surface area contributed by atoms with E-state index in [1.165, 1.54) is 5.57 Å². The number of carbonyl (C=O) groups excluding carboxylic acids is 1. The standard InChI is InChI=1S/C27H40O4/c1-18(2)15-24(29)25(30)20(4)11-7-9-19(3)10-8-13-27(6)14-12-22-17-23(28)16-21(5)26(22)31-27/h7,10-11,16-18,20,24,28-29H,8-9,12-15H2,1-6H3/b11-7-,19-10+/t20-,24-,27-/m1/s1. The molecule has 1 aromatic carbocycles. The second-order valence-corrected chi connectivity index (χ2v) is 9.86. The maximum atomic E-state index is 12.2. The summed E-state index contributed by atoms with van der Waals surface area (Å²) in [7, 11) is 0. The molecule has 2 rings (SSSR count). The molecule has 0 saturated heterocycles. The summed E-state index contributed by atoms with van der Waals surface area (Å²) in [5, 5.41) is 19.8. The molecule has 4 nitrogen and oxygen atoms in total. The van der Waals surface area contributed by atoms with Crippen molar-refractivity contribution in [2.45, 2.75) is 91.8 Å². The van der Waals surface area contributed by atoms with Crippen LogP contribution in [0.1, 0.15) is 77.8 Å². The molecule has 0 bridgehead atoms. The van der Waals surface area contributed by atoms with E-state index in [1.807, 2.05) is 45.9 Å². The van der Waals surface area contributed by atoms with Crippen molar-refractivity contribution in [2.75, 3.05) is 0 Å². The highest BCUT2D eigenvalue weighted by Gasteiger charge is 2.32. The number of aryl methyl sites for hydroxylation is 2. The first kappa shape index (κ1) is 25.2. The second kappa shape index (κ2) is 11.0. The molecular formula is C27H40O4. The summed E-state index contributed by atoms with van der Waals surface area (Å²) in [6.45, 7) is 12.1. The van der Waals surface area contributed by atoms with Crippen LogP contribution >= 0.6 is 0 Å². The normalized spacial score (nSPS) is 21.1. The van der Waals surface area contributed by atoms with Crippen LogP contribution in [0.15, 0.2) is 35.9 Å². The Labute approximate surface area is 188 Å². The molecule has 1 aromatic rings. The third-order valence-corrected chi connectivity index (χ3v) is 6.11. The third-order valence-electron chi connectivity index (χ3n) is 6.11. The highest BCUT2D eigenvalue weighted by molar-refractivity contribution is 5.86. The molecule has 3 atom stereocenters. The Morgan fingerprint density at radius 2 is 2.00 bits per heavy atom. The van der Waals surface area contributed by atoms with Gasteiger partial charge in [-0.25, -0.2) is 0 Å². The second-order valence-electron chi connectivity index (χ2n) is 9.86. The number of hydrogen-bond acceptors (Lipinski definition) is 4. The van der Waals surface area contributed by atoms with Crippen molar-refractivity contribution in [3.05, 3.63) is 47.1 Å². The van der Waals surface area contributed by atoms with Gasteiger partial charge in [-0.05, 0) is 88.5 Å². The summed E-state index contributed by atoms with van der Waals surface area (Å²) in [5.74, 6) is 1.17. The highest BCUT2D eigenvalue weighted by Crippen LogP contribution is 2.39. The van der Waals surface area contributed by atoms with Crippen molar-refractivity contribution in [3.8, 4) is 11.5 Å². The molecule has 0 aromatic heterocycles. The van der Waals surface area contributed by atoms with Crippen molar-refractivity contribution in [1.82, 2.24) is 0 Å². The molecule has 172 valence electrons. The van der Waals surface area contributed by atoms with Crippen LogP contribution in [0.2, 0.25) is 0 Å². The molecule has 0 amide bonds. The molecule has 4 heteroatoms. The fourth-order valence-corrected chi connectivity index (χ4v) is 4.16. The van der Waals surface area contributed by atoms with Crippen molar-refractivity contribution in [3.63, 3.8) is 0 Å². The summed E-state index contributed by atoms with van der Waals surface area (Å²) in [6.07, 6.45) is 10.4. The van der Waals surface area contributed by atoms with Gasteiger partial charge in [-0.1, -0.05) is 44.6 Å². The van der Waals surface area contributed by atoms with Gasteiger partial charge in [0, 0.05) is 5.92 Å². The Morgan fingerprint density at radius 1 is 1.29 bits per heavy atom. The number of phenols is 1. The minimum atomic E-state index is -0.870. The molecule has 31 heavy (non-hydrogen) atoms. The van der Waals surface area contributed by atoms with Gasteiger partial charge in [0.1, 0.15) is 23.2 Å². The molecular weight excluding hydrogens is 388 g/mol. The number of fused-ring (bicyclic) bond motifs is 1. The van der Waals surface area contributed by atoms with E-state index < -0.39 is 6.10 Å². The monoisotopic (exact) mass is 428 g/mol.